The lowest BCUT2D eigenvalue weighted by molar-refractivity contribution is -0.149. The summed E-state index contributed by atoms with van der Waals surface area (Å²) in [4.78, 5) is 25.5. The van der Waals surface area contributed by atoms with Gasteiger partial charge in [-0.15, -0.1) is 0 Å². The van der Waals surface area contributed by atoms with E-state index in [9.17, 15) is 14.0 Å². The maximum absolute atomic E-state index is 13.1. The number of amides is 2. The molecular weight excluding hydrogens is 311 g/mol. The highest BCUT2D eigenvalue weighted by Gasteiger charge is 2.29. The molecule has 0 saturated carbocycles. The summed E-state index contributed by atoms with van der Waals surface area (Å²) in [6, 6.07) is 3.64. The number of likely N-dealkylation sites (tertiary alicyclic amines) is 1. The van der Waals surface area contributed by atoms with Crippen molar-refractivity contribution in [2.24, 2.45) is 5.92 Å². The standard InChI is InChI=1S/C15H18ClFN2O3/c1-2-22-14(20)10-4-3-7-19(9-10)15(21)18-11-5-6-13(17)12(16)8-11/h5-6,8,10H,2-4,7,9H2,1H3,(H,18,21). The number of carbonyl (C=O) groups is 2. The Morgan fingerprint density at radius 3 is 2.95 bits per heavy atom. The number of urea groups is 1. The van der Waals surface area contributed by atoms with E-state index in [2.05, 4.69) is 5.32 Å². The second kappa shape index (κ2) is 7.45. The maximum atomic E-state index is 13.1. The van der Waals surface area contributed by atoms with Crippen molar-refractivity contribution in [1.82, 2.24) is 4.90 Å². The van der Waals surface area contributed by atoms with E-state index in [1.165, 1.54) is 18.2 Å². The third-order valence-corrected chi connectivity index (χ3v) is 3.79. The summed E-state index contributed by atoms with van der Waals surface area (Å²) in [5.41, 5.74) is 0.412. The van der Waals surface area contributed by atoms with Crippen LogP contribution in [0.25, 0.3) is 0 Å². The van der Waals surface area contributed by atoms with Crippen molar-refractivity contribution in [2.45, 2.75) is 19.8 Å². The molecule has 1 aromatic rings. The monoisotopic (exact) mass is 328 g/mol. The Hall–Kier alpha value is -1.82. The minimum absolute atomic E-state index is 0.0548. The number of nitrogens with one attached hydrogen (secondary N) is 1. The molecule has 1 aliphatic heterocycles. The van der Waals surface area contributed by atoms with Crippen LogP contribution >= 0.6 is 11.6 Å². The van der Waals surface area contributed by atoms with Crippen LogP contribution in [0, 0.1) is 11.7 Å². The average Bonchev–Trinajstić information content (AvgIpc) is 2.51. The van der Waals surface area contributed by atoms with Crippen molar-refractivity contribution in [3.8, 4) is 0 Å². The SMILES string of the molecule is CCOC(=O)C1CCCN(C(=O)Nc2ccc(F)c(Cl)c2)C1. The first kappa shape index (κ1) is 16.5. The summed E-state index contributed by atoms with van der Waals surface area (Å²) < 4.78 is 18.1. The lowest BCUT2D eigenvalue weighted by Gasteiger charge is -2.31. The molecular formula is C15H18ClFN2O3. The molecule has 1 unspecified atom stereocenters. The molecule has 1 aliphatic rings. The second-order valence-corrected chi connectivity index (χ2v) is 5.50. The number of halogens is 2. The van der Waals surface area contributed by atoms with Gasteiger partial charge in [-0.3, -0.25) is 4.79 Å². The van der Waals surface area contributed by atoms with Crippen molar-refractivity contribution < 1.29 is 18.7 Å². The topological polar surface area (TPSA) is 58.6 Å². The number of rotatable bonds is 3. The summed E-state index contributed by atoms with van der Waals surface area (Å²) in [6.07, 6.45) is 1.45. The van der Waals surface area contributed by atoms with Crippen LogP contribution in [0.5, 0.6) is 0 Å². The zero-order valence-corrected chi connectivity index (χ0v) is 13.0. The number of anilines is 1. The zero-order valence-electron chi connectivity index (χ0n) is 12.3. The normalized spacial score (nSPS) is 18.0. The third-order valence-electron chi connectivity index (χ3n) is 3.50. The van der Waals surface area contributed by atoms with Gasteiger partial charge in [0.1, 0.15) is 5.82 Å². The summed E-state index contributed by atoms with van der Waals surface area (Å²) in [5.74, 6) is -1.11. The summed E-state index contributed by atoms with van der Waals surface area (Å²) in [6.45, 7) is 2.97. The van der Waals surface area contributed by atoms with Gasteiger partial charge in [0.05, 0.1) is 17.5 Å². The first-order valence-electron chi connectivity index (χ1n) is 7.19. The molecule has 1 atom stereocenters. The molecule has 0 aliphatic carbocycles. The Balaban J connectivity index is 1.96. The number of carbonyl (C=O) groups excluding carboxylic acids is 2. The number of hydrogen-bond donors (Lipinski definition) is 1. The molecule has 2 amide bonds. The van der Waals surface area contributed by atoms with Gasteiger partial charge in [-0.25, -0.2) is 9.18 Å². The Kier molecular flexibility index (Phi) is 5.60. The first-order valence-corrected chi connectivity index (χ1v) is 7.56. The number of nitrogens with zero attached hydrogens (tertiary/aromatic N) is 1. The van der Waals surface area contributed by atoms with Gasteiger partial charge in [-0.2, -0.15) is 0 Å². The molecule has 0 aromatic heterocycles. The van der Waals surface area contributed by atoms with Gasteiger partial charge in [-0.1, -0.05) is 11.6 Å². The van der Waals surface area contributed by atoms with Crippen LogP contribution in [0.15, 0.2) is 18.2 Å². The van der Waals surface area contributed by atoms with Crippen LogP contribution in [-0.4, -0.2) is 36.6 Å². The van der Waals surface area contributed by atoms with Gasteiger partial charge in [0.2, 0.25) is 0 Å². The summed E-state index contributed by atoms with van der Waals surface area (Å²) in [5, 5.41) is 2.60. The third kappa shape index (κ3) is 4.10. The number of esters is 1. The minimum Gasteiger partial charge on any atom is -0.466 e. The number of benzene rings is 1. The van der Waals surface area contributed by atoms with E-state index in [-0.39, 0.29) is 22.9 Å². The Labute approximate surface area is 133 Å². The lowest BCUT2D eigenvalue weighted by atomic mass is 9.98. The highest BCUT2D eigenvalue weighted by atomic mass is 35.5. The Morgan fingerprint density at radius 1 is 1.50 bits per heavy atom. The van der Waals surface area contributed by atoms with Crippen LogP contribution in [0.3, 0.4) is 0 Å². The average molecular weight is 329 g/mol. The van der Waals surface area contributed by atoms with Gasteiger partial charge in [0.15, 0.2) is 0 Å². The molecule has 22 heavy (non-hydrogen) atoms. The van der Waals surface area contributed by atoms with E-state index >= 15 is 0 Å². The number of hydrogen-bond acceptors (Lipinski definition) is 3. The molecule has 2 rings (SSSR count). The Bertz CT molecular complexity index is 568. The highest BCUT2D eigenvalue weighted by molar-refractivity contribution is 6.31. The fourth-order valence-electron chi connectivity index (χ4n) is 2.39. The van der Waals surface area contributed by atoms with Crippen LogP contribution in [0.2, 0.25) is 5.02 Å². The van der Waals surface area contributed by atoms with Gasteiger partial charge < -0.3 is 15.0 Å². The fraction of sp³-hybridized carbons (Fsp3) is 0.467. The molecule has 5 nitrogen and oxygen atoms in total. The van der Waals surface area contributed by atoms with E-state index in [0.717, 1.165) is 6.42 Å². The van der Waals surface area contributed by atoms with E-state index in [0.29, 0.717) is 31.8 Å². The smallest absolute Gasteiger partial charge is 0.321 e. The van der Waals surface area contributed by atoms with Gasteiger partial charge in [0, 0.05) is 18.8 Å². The molecule has 120 valence electrons. The van der Waals surface area contributed by atoms with Crippen molar-refractivity contribution >= 4 is 29.3 Å². The minimum atomic E-state index is -0.542. The zero-order chi connectivity index (χ0) is 16.1. The molecule has 0 radical (unpaired) electrons. The molecule has 7 heteroatoms. The van der Waals surface area contributed by atoms with Crippen molar-refractivity contribution in [2.75, 3.05) is 25.0 Å². The van der Waals surface area contributed by atoms with Crippen molar-refractivity contribution in [3.05, 3.63) is 29.0 Å². The summed E-state index contributed by atoms with van der Waals surface area (Å²) in [7, 11) is 0. The predicted molar refractivity (Wildman–Crippen MR) is 81.4 cm³/mol. The number of ether oxygens (including phenoxy) is 1. The van der Waals surface area contributed by atoms with Crippen LogP contribution in [-0.2, 0) is 9.53 Å². The Morgan fingerprint density at radius 2 is 2.27 bits per heavy atom. The fourth-order valence-corrected chi connectivity index (χ4v) is 2.57. The van der Waals surface area contributed by atoms with Crippen LogP contribution < -0.4 is 5.32 Å². The molecule has 1 saturated heterocycles. The maximum Gasteiger partial charge on any atom is 0.321 e. The van der Waals surface area contributed by atoms with Gasteiger partial charge in [-0.05, 0) is 38.0 Å². The predicted octanol–water partition coefficient (Wildman–Crippen LogP) is 3.29. The lowest BCUT2D eigenvalue weighted by Crippen LogP contribution is -2.44. The van der Waals surface area contributed by atoms with Crippen molar-refractivity contribution in [3.63, 3.8) is 0 Å². The van der Waals surface area contributed by atoms with E-state index in [1.54, 1.807) is 11.8 Å². The molecule has 1 aromatic carbocycles. The molecule has 1 fully saturated rings. The molecule has 1 heterocycles. The molecule has 0 spiro atoms. The van der Waals surface area contributed by atoms with E-state index in [4.69, 9.17) is 16.3 Å². The largest absolute Gasteiger partial charge is 0.466 e. The number of piperidine rings is 1. The second-order valence-electron chi connectivity index (χ2n) is 5.10. The van der Waals surface area contributed by atoms with Gasteiger partial charge in [0.25, 0.3) is 0 Å². The van der Waals surface area contributed by atoms with Gasteiger partial charge >= 0.3 is 12.0 Å². The quantitative estimate of drug-likeness (QED) is 0.866. The molecule has 0 bridgehead atoms. The van der Waals surface area contributed by atoms with Crippen molar-refractivity contribution in [1.29, 1.82) is 0 Å². The van der Waals surface area contributed by atoms with Crippen LogP contribution in [0.4, 0.5) is 14.9 Å². The molecule has 1 N–H and O–H groups in total. The van der Waals surface area contributed by atoms with Crippen LogP contribution in [0.1, 0.15) is 19.8 Å². The van der Waals surface area contributed by atoms with E-state index in [1.807, 2.05) is 0 Å². The summed E-state index contributed by atoms with van der Waals surface area (Å²) >= 11 is 5.68. The highest BCUT2D eigenvalue weighted by Crippen LogP contribution is 2.22. The first-order chi connectivity index (χ1) is 10.5. The van der Waals surface area contributed by atoms with E-state index < -0.39 is 5.82 Å².